The lowest BCUT2D eigenvalue weighted by Crippen LogP contribution is -2.31. The van der Waals surface area contributed by atoms with Crippen molar-refractivity contribution in [2.75, 3.05) is 64.6 Å². The zero-order valence-electron chi connectivity index (χ0n) is 22.3. The van der Waals surface area contributed by atoms with Crippen LogP contribution in [0.2, 0.25) is 0 Å². The number of carbonyl (C=O) groups is 2. The lowest BCUT2D eigenvalue weighted by atomic mass is 10.1. The first-order chi connectivity index (χ1) is 18.4. The molecular weight excluding hydrogens is 486 g/mol. The minimum Gasteiger partial charge on any atom is -0.494 e. The summed E-state index contributed by atoms with van der Waals surface area (Å²) in [6.45, 7) is 4.70. The fourth-order valence-electron chi connectivity index (χ4n) is 4.37. The van der Waals surface area contributed by atoms with Crippen molar-refractivity contribution in [3.05, 3.63) is 42.4 Å². The maximum atomic E-state index is 12.7. The van der Waals surface area contributed by atoms with Gasteiger partial charge < -0.3 is 30.5 Å². The Labute approximate surface area is 222 Å². The quantitative estimate of drug-likeness (QED) is 0.387. The van der Waals surface area contributed by atoms with Gasteiger partial charge in [-0.25, -0.2) is 9.97 Å². The summed E-state index contributed by atoms with van der Waals surface area (Å²) in [6, 6.07) is 7.19. The van der Waals surface area contributed by atoms with Gasteiger partial charge in [0, 0.05) is 52.4 Å². The molecule has 3 N–H and O–H groups in total. The number of hydrogen-bond donors (Lipinski definition) is 3. The second-order valence-corrected chi connectivity index (χ2v) is 9.24. The molecule has 202 valence electrons. The normalized spacial score (nSPS) is 14.5. The summed E-state index contributed by atoms with van der Waals surface area (Å²) in [4.78, 5) is 38.6. The molecule has 3 heterocycles. The van der Waals surface area contributed by atoms with Gasteiger partial charge in [-0.1, -0.05) is 6.07 Å². The molecule has 0 bridgehead atoms. The Morgan fingerprint density at radius 3 is 2.66 bits per heavy atom. The first-order valence-electron chi connectivity index (χ1n) is 12.6. The van der Waals surface area contributed by atoms with Crippen molar-refractivity contribution in [2.24, 2.45) is 7.05 Å². The second kappa shape index (κ2) is 12.5. The van der Waals surface area contributed by atoms with Crippen LogP contribution in [0.5, 0.6) is 5.75 Å². The van der Waals surface area contributed by atoms with Crippen molar-refractivity contribution >= 4 is 29.0 Å². The van der Waals surface area contributed by atoms with Gasteiger partial charge in [-0.15, -0.1) is 0 Å². The van der Waals surface area contributed by atoms with E-state index in [1.54, 1.807) is 38.3 Å². The van der Waals surface area contributed by atoms with E-state index >= 15 is 0 Å². The lowest BCUT2D eigenvalue weighted by Gasteiger charge is -2.19. The Morgan fingerprint density at radius 2 is 1.92 bits per heavy atom. The van der Waals surface area contributed by atoms with Crippen molar-refractivity contribution in [1.29, 1.82) is 0 Å². The van der Waals surface area contributed by atoms with Gasteiger partial charge in [0.25, 0.3) is 5.91 Å². The van der Waals surface area contributed by atoms with E-state index in [0.717, 1.165) is 32.6 Å². The molecule has 4 rings (SSSR count). The van der Waals surface area contributed by atoms with Gasteiger partial charge in [0.1, 0.15) is 12.1 Å². The van der Waals surface area contributed by atoms with Gasteiger partial charge in [0.2, 0.25) is 5.91 Å². The first-order valence-corrected chi connectivity index (χ1v) is 12.6. The lowest BCUT2D eigenvalue weighted by molar-refractivity contribution is -0.116. The van der Waals surface area contributed by atoms with E-state index in [2.05, 4.69) is 47.9 Å². The number of aromatic nitrogens is 4. The molecule has 1 aliphatic heterocycles. The number of amides is 2. The van der Waals surface area contributed by atoms with Crippen LogP contribution in [0, 0.1) is 0 Å². The number of methoxy groups -OCH3 is 1. The summed E-state index contributed by atoms with van der Waals surface area (Å²) in [5.41, 5.74) is 2.09. The first kappa shape index (κ1) is 27.0. The molecule has 2 amide bonds. The SMILES string of the molecule is CNC(=O)c1cnc(NC(=O)CCN2CCCN(C)CC2)cc1Nc1cccc(-c2ncn(C)n2)c1OC. The Balaban J connectivity index is 1.53. The topological polar surface area (TPSA) is 130 Å². The number of benzene rings is 1. The van der Waals surface area contributed by atoms with E-state index in [4.69, 9.17) is 4.74 Å². The molecule has 1 aliphatic rings. The average molecular weight is 522 g/mol. The van der Waals surface area contributed by atoms with Gasteiger partial charge in [-0.05, 0) is 38.7 Å². The summed E-state index contributed by atoms with van der Waals surface area (Å²) in [5.74, 6) is 0.938. The molecule has 12 nitrogen and oxygen atoms in total. The summed E-state index contributed by atoms with van der Waals surface area (Å²) in [6.07, 6.45) is 4.51. The zero-order valence-corrected chi connectivity index (χ0v) is 22.3. The van der Waals surface area contributed by atoms with Gasteiger partial charge in [0.05, 0.1) is 29.6 Å². The number of para-hydroxylation sites is 1. The monoisotopic (exact) mass is 521 g/mol. The predicted molar refractivity (Wildman–Crippen MR) is 146 cm³/mol. The fraction of sp³-hybridized carbons (Fsp3) is 0.423. The maximum Gasteiger partial charge on any atom is 0.254 e. The standard InChI is InChI=1S/C26H35N9O3/c1-27-26(37)19-16-28-22(31-23(36)9-12-35-11-6-10-33(2)13-14-35)15-21(19)30-20-8-5-7-18(24(20)38-4)25-29-17-34(3)32-25/h5,7-8,15-17H,6,9-14H2,1-4H3,(H,27,37)(H2,28,30,31,36). The Kier molecular flexibility index (Phi) is 8.87. The van der Waals surface area contributed by atoms with Crippen molar-refractivity contribution in [3.8, 4) is 17.1 Å². The van der Waals surface area contributed by atoms with Crippen LogP contribution < -0.4 is 20.7 Å². The van der Waals surface area contributed by atoms with Gasteiger partial charge in [-0.2, -0.15) is 5.10 Å². The highest BCUT2D eigenvalue weighted by atomic mass is 16.5. The third kappa shape index (κ3) is 6.64. The van der Waals surface area contributed by atoms with E-state index in [0.29, 0.717) is 52.9 Å². The highest BCUT2D eigenvalue weighted by Crippen LogP contribution is 2.37. The molecular formula is C26H35N9O3. The zero-order chi connectivity index (χ0) is 27.1. The number of rotatable bonds is 9. The number of anilines is 3. The molecule has 3 aromatic rings. The summed E-state index contributed by atoms with van der Waals surface area (Å²) in [5, 5.41) is 13.2. The highest BCUT2D eigenvalue weighted by molar-refractivity contribution is 6.01. The number of ether oxygens (including phenoxy) is 1. The molecule has 0 aliphatic carbocycles. The minimum atomic E-state index is -0.314. The van der Waals surface area contributed by atoms with Gasteiger partial charge in [0.15, 0.2) is 11.6 Å². The van der Waals surface area contributed by atoms with Crippen LogP contribution in [0.4, 0.5) is 17.2 Å². The molecule has 1 aromatic carbocycles. The van der Waals surface area contributed by atoms with Crippen LogP contribution >= 0.6 is 0 Å². The number of nitrogens with zero attached hydrogens (tertiary/aromatic N) is 6. The smallest absolute Gasteiger partial charge is 0.254 e. The Bertz CT molecular complexity index is 1280. The minimum absolute atomic E-state index is 0.130. The van der Waals surface area contributed by atoms with E-state index in [1.807, 2.05) is 18.2 Å². The maximum absolute atomic E-state index is 12.7. The van der Waals surface area contributed by atoms with Crippen LogP contribution in [-0.4, -0.2) is 95.3 Å². The molecule has 0 atom stereocenters. The third-order valence-corrected chi connectivity index (χ3v) is 6.44. The van der Waals surface area contributed by atoms with Crippen LogP contribution in [0.25, 0.3) is 11.4 Å². The average Bonchev–Trinajstić information content (AvgIpc) is 3.24. The fourth-order valence-corrected chi connectivity index (χ4v) is 4.37. The second-order valence-electron chi connectivity index (χ2n) is 9.24. The molecule has 1 fully saturated rings. The van der Waals surface area contributed by atoms with Crippen molar-refractivity contribution in [3.63, 3.8) is 0 Å². The van der Waals surface area contributed by atoms with Crippen molar-refractivity contribution in [1.82, 2.24) is 34.9 Å². The molecule has 0 spiro atoms. The predicted octanol–water partition coefficient (Wildman–Crippen LogP) is 1.96. The highest BCUT2D eigenvalue weighted by Gasteiger charge is 2.19. The van der Waals surface area contributed by atoms with Crippen molar-refractivity contribution < 1.29 is 14.3 Å². The number of carbonyl (C=O) groups excluding carboxylic acids is 2. The Morgan fingerprint density at radius 1 is 1.08 bits per heavy atom. The number of aryl methyl sites for hydroxylation is 1. The van der Waals surface area contributed by atoms with Crippen LogP contribution in [-0.2, 0) is 11.8 Å². The molecule has 12 heteroatoms. The number of likely N-dealkylation sites (N-methyl/N-ethyl adjacent to an activating group) is 1. The van der Waals surface area contributed by atoms with Gasteiger partial charge in [-0.3, -0.25) is 14.3 Å². The largest absolute Gasteiger partial charge is 0.494 e. The third-order valence-electron chi connectivity index (χ3n) is 6.44. The van der Waals surface area contributed by atoms with Crippen LogP contribution in [0.15, 0.2) is 36.8 Å². The summed E-state index contributed by atoms with van der Waals surface area (Å²) >= 11 is 0. The van der Waals surface area contributed by atoms with E-state index in [1.165, 1.54) is 6.20 Å². The molecule has 2 aromatic heterocycles. The van der Waals surface area contributed by atoms with Crippen molar-refractivity contribution in [2.45, 2.75) is 12.8 Å². The molecule has 38 heavy (non-hydrogen) atoms. The number of nitrogens with one attached hydrogen (secondary N) is 3. The molecule has 0 saturated carbocycles. The van der Waals surface area contributed by atoms with E-state index in [9.17, 15) is 9.59 Å². The van der Waals surface area contributed by atoms with E-state index in [-0.39, 0.29) is 11.8 Å². The van der Waals surface area contributed by atoms with Crippen LogP contribution in [0.1, 0.15) is 23.2 Å². The summed E-state index contributed by atoms with van der Waals surface area (Å²) < 4.78 is 7.31. The Hall–Kier alpha value is -4.03. The van der Waals surface area contributed by atoms with Gasteiger partial charge >= 0.3 is 0 Å². The van der Waals surface area contributed by atoms with Crippen LogP contribution in [0.3, 0.4) is 0 Å². The number of pyridine rings is 1. The molecule has 1 saturated heterocycles. The number of hydrogen-bond acceptors (Lipinski definition) is 9. The van der Waals surface area contributed by atoms with E-state index < -0.39 is 0 Å². The summed E-state index contributed by atoms with van der Waals surface area (Å²) in [7, 11) is 7.03. The molecule has 0 radical (unpaired) electrons. The molecule has 0 unspecified atom stereocenters.